The Kier molecular flexibility index (Phi) is 3.61. The molecule has 1 rings (SSSR count). The minimum absolute atomic E-state index is 0.153. The summed E-state index contributed by atoms with van der Waals surface area (Å²) in [5.74, 6) is 0.867. The van der Waals surface area contributed by atoms with Gasteiger partial charge in [0, 0.05) is 0 Å². The second-order valence-electron chi connectivity index (χ2n) is 2.62. The van der Waals surface area contributed by atoms with E-state index in [1.54, 1.807) is 6.26 Å². The molecule has 0 spiro atoms. The van der Waals surface area contributed by atoms with Crippen LogP contribution in [-0.2, 0) is 11.3 Å². The molecule has 0 saturated heterocycles. The minimum atomic E-state index is 0.153. The Morgan fingerprint density at radius 1 is 1.67 bits per heavy atom. The van der Waals surface area contributed by atoms with Gasteiger partial charge in [0.25, 0.3) is 0 Å². The lowest BCUT2D eigenvalue weighted by molar-refractivity contribution is 0.0717. The second kappa shape index (κ2) is 4.78. The summed E-state index contributed by atoms with van der Waals surface area (Å²) in [7, 11) is 0. The van der Waals surface area contributed by atoms with E-state index in [0.29, 0.717) is 6.61 Å². The average molecular weight is 166 g/mol. The van der Waals surface area contributed by atoms with Gasteiger partial charge in [-0.25, -0.2) is 0 Å². The number of hydrogen-bond donors (Lipinski definition) is 0. The molecule has 0 unspecified atom stereocenters. The highest BCUT2D eigenvalue weighted by Gasteiger charge is 1.98. The second-order valence-corrected chi connectivity index (χ2v) is 2.62. The maximum absolute atomic E-state index is 5.45. The Hall–Kier alpha value is -1.02. The molecule has 66 valence electrons. The van der Waals surface area contributed by atoms with Crippen molar-refractivity contribution in [2.75, 3.05) is 0 Å². The van der Waals surface area contributed by atoms with Gasteiger partial charge in [0.15, 0.2) is 0 Å². The number of hydrogen-bond acceptors (Lipinski definition) is 2. The minimum Gasteiger partial charge on any atom is -0.467 e. The highest BCUT2D eigenvalue weighted by atomic mass is 16.5. The summed E-state index contributed by atoms with van der Waals surface area (Å²) in [6.45, 7) is 4.52. The molecule has 12 heavy (non-hydrogen) atoms. The van der Waals surface area contributed by atoms with Crippen LogP contribution in [0.1, 0.15) is 19.6 Å². The van der Waals surface area contributed by atoms with E-state index in [1.165, 1.54) is 0 Å². The van der Waals surface area contributed by atoms with Gasteiger partial charge in [-0.15, -0.1) is 0 Å². The summed E-state index contributed by atoms with van der Waals surface area (Å²) in [6, 6.07) is 3.77. The Balaban J connectivity index is 2.26. The van der Waals surface area contributed by atoms with Crippen molar-refractivity contribution in [1.29, 1.82) is 0 Å². The maximum Gasteiger partial charge on any atom is 0.129 e. The van der Waals surface area contributed by atoms with Crippen molar-refractivity contribution in [3.05, 3.63) is 36.3 Å². The summed E-state index contributed by atoms with van der Waals surface area (Å²) in [4.78, 5) is 0. The number of ether oxygens (including phenoxy) is 1. The summed E-state index contributed by atoms with van der Waals surface area (Å²) in [5.41, 5.74) is 0. The molecule has 1 aromatic heterocycles. The van der Waals surface area contributed by atoms with Gasteiger partial charge >= 0.3 is 0 Å². The lowest BCUT2D eigenvalue weighted by Gasteiger charge is -2.05. The third kappa shape index (κ3) is 2.93. The van der Waals surface area contributed by atoms with Gasteiger partial charge in [-0.2, -0.15) is 0 Å². The third-order valence-corrected chi connectivity index (χ3v) is 1.53. The first-order valence-electron chi connectivity index (χ1n) is 4.09. The molecule has 0 fully saturated rings. The third-order valence-electron chi connectivity index (χ3n) is 1.53. The molecule has 1 atom stereocenters. The van der Waals surface area contributed by atoms with Gasteiger partial charge < -0.3 is 9.15 Å². The van der Waals surface area contributed by atoms with Crippen LogP contribution in [0.3, 0.4) is 0 Å². The first-order valence-corrected chi connectivity index (χ1v) is 4.09. The van der Waals surface area contributed by atoms with E-state index in [0.717, 1.165) is 5.76 Å². The van der Waals surface area contributed by atoms with Crippen molar-refractivity contribution in [2.24, 2.45) is 0 Å². The number of furan rings is 1. The largest absolute Gasteiger partial charge is 0.467 e. The van der Waals surface area contributed by atoms with E-state index in [9.17, 15) is 0 Å². The van der Waals surface area contributed by atoms with Gasteiger partial charge in [0.05, 0.1) is 12.4 Å². The van der Waals surface area contributed by atoms with E-state index in [2.05, 4.69) is 0 Å². The Bertz CT molecular complexity index is 224. The van der Waals surface area contributed by atoms with Crippen molar-refractivity contribution in [3.8, 4) is 0 Å². The SMILES string of the molecule is C/C=C/[C@H](C)OCc1ccco1. The number of rotatable bonds is 4. The Morgan fingerprint density at radius 2 is 2.50 bits per heavy atom. The monoisotopic (exact) mass is 166 g/mol. The summed E-state index contributed by atoms with van der Waals surface area (Å²) in [5, 5.41) is 0. The van der Waals surface area contributed by atoms with Crippen molar-refractivity contribution in [2.45, 2.75) is 26.6 Å². The molecule has 0 aliphatic rings. The van der Waals surface area contributed by atoms with Gasteiger partial charge in [-0.05, 0) is 26.0 Å². The van der Waals surface area contributed by atoms with Crippen molar-refractivity contribution in [1.82, 2.24) is 0 Å². The Labute approximate surface area is 72.8 Å². The van der Waals surface area contributed by atoms with Crippen LogP contribution in [0.15, 0.2) is 35.0 Å². The lowest BCUT2D eigenvalue weighted by Crippen LogP contribution is -2.03. The zero-order valence-corrected chi connectivity index (χ0v) is 7.49. The van der Waals surface area contributed by atoms with Gasteiger partial charge in [0.2, 0.25) is 0 Å². The molecule has 0 aromatic carbocycles. The van der Waals surface area contributed by atoms with Crippen LogP contribution in [0.4, 0.5) is 0 Å². The van der Waals surface area contributed by atoms with Crippen LogP contribution >= 0.6 is 0 Å². The fourth-order valence-electron chi connectivity index (χ4n) is 0.935. The van der Waals surface area contributed by atoms with Crippen molar-refractivity contribution < 1.29 is 9.15 Å². The van der Waals surface area contributed by atoms with Crippen LogP contribution < -0.4 is 0 Å². The molecule has 0 N–H and O–H groups in total. The van der Waals surface area contributed by atoms with Crippen LogP contribution in [0.2, 0.25) is 0 Å². The fourth-order valence-corrected chi connectivity index (χ4v) is 0.935. The highest BCUT2D eigenvalue weighted by Crippen LogP contribution is 2.04. The molecule has 0 bridgehead atoms. The first-order chi connectivity index (χ1) is 5.83. The quantitative estimate of drug-likeness (QED) is 0.642. The van der Waals surface area contributed by atoms with Crippen molar-refractivity contribution >= 4 is 0 Å². The summed E-state index contributed by atoms with van der Waals surface area (Å²) < 4.78 is 10.6. The average Bonchev–Trinajstić information content (AvgIpc) is 2.53. The normalized spacial score (nSPS) is 13.8. The molecule has 0 aliphatic carbocycles. The predicted molar refractivity (Wildman–Crippen MR) is 47.8 cm³/mol. The maximum atomic E-state index is 5.45. The smallest absolute Gasteiger partial charge is 0.129 e. The molecule has 0 radical (unpaired) electrons. The number of allylic oxidation sites excluding steroid dienone is 1. The molecule has 2 nitrogen and oxygen atoms in total. The van der Waals surface area contributed by atoms with Gasteiger partial charge in [-0.1, -0.05) is 12.2 Å². The highest BCUT2D eigenvalue weighted by molar-refractivity contribution is 4.96. The van der Waals surface area contributed by atoms with E-state index in [-0.39, 0.29) is 6.10 Å². The standard InChI is InChI=1S/C10H14O2/c1-3-5-9(2)12-8-10-6-4-7-11-10/h3-7,9H,8H2,1-2H3/b5-3+/t9-/m0/s1. The molecule has 0 amide bonds. The van der Waals surface area contributed by atoms with E-state index >= 15 is 0 Å². The zero-order valence-electron chi connectivity index (χ0n) is 7.49. The zero-order chi connectivity index (χ0) is 8.81. The Morgan fingerprint density at radius 3 is 3.08 bits per heavy atom. The first kappa shape index (κ1) is 9.07. The van der Waals surface area contributed by atoms with Crippen LogP contribution in [0, 0.1) is 0 Å². The van der Waals surface area contributed by atoms with Crippen LogP contribution in [0.25, 0.3) is 0 Å². The topological polar surface area (TPSA) is 22.4 Å². The van der Waals surface area contributed by atoms with E-state index < -0.39 is 0 Å². The van der Waals surface area contributed by atoms with Gasteiger partial charge in [0.1, 0.15) is 12.4 Å². The molecule has 1 aromatic rings. The molecule has 0 aliphatic heterocycles. The van der Waals surface area contributed by atoms with Gasteiger partial charge in [-0.3, -0.25) is 0 Å². The molecule has 1 heterocycles. The summed E-state index contributed by atoms with van der Waals surface area (Å²) in [6.07, 6.45) is 5.79. The molecular weight excluding hydrogens is 152 g/mol. The molecular formula is C10H14O2. The predicted octanol–water partition coefficient (Wildman–Crippen LogP) is 2.76. The fraction of sp³-hybridized carbons (Fsp3) is 0.400. The summed E-state index contributed by atoms with van der Waals surface area (Å²) >= 11 is 0. The molecule has 2 heteroatoms. The van der Waals surface area contributed by atoms with E-state index in [4.69, 9.17) is 9.15 Å². The van der Waals surface area contributed by atoms with Crippen LogP contribution in [0.5, 0.6) is 0 Å². The molecule has 0 saturated carbocycles. The van der Waals surface area contributed by atoms with Crippen molar-refractivity contribution in [3.63, 3.8) is 0 Å². The van der Waals surface area contributed by atoms with E-state index in [1.807, 2.05) is 38.1 Å². The lowest BCUT2D eigenvalue weighted by atomic mass is 10.3. The van der Waals surface area contributed by atoms with Crippen LogP contribution in [-0.4, -0.2) is 6.10 Å².